The first-order valence-corrected chi connectivity index (χ1v) is 4.89. The van der Waals surface area contributed by atoms with Gasteiger partial charge in [0.25, 0.3) is 0 Å². The summed E-state index contributed by atoms with van der Waals surface area (Å²) in [5.41, 5.74) is 0. The molecule has 0 bridgehead atoms. The zero-order valence-corrected chi connectivity index (χ0v) is 7.55. The Balaban J connectivity index is 2.00. The van der Waals surface area contributed by atoms with Gasteiger partial charge in [0.15, 0.2) is 0 Å². The van der Waals surface area contributed by atoms with Gasteiger partial charge in [-0.25, -0.2) is 0 Å². The fraction of sp³-hybridized carbons (Fsp3) is 1.00. The lowest BCUT2D eigenvalue weighted by Gasteiger charge is -2.30. The number of rotatable bonds is 0. The minimum atomic E-state index is 0.619. The van der Waals surface area contributed by atoms with E-state index in [-0.39, 0.29) is 0 Å². The molecule has 0 radical (unpaired) electrons. The van der Waals surface area contributed by atoms with Crippen molar-refractivity contribution < 1.29 is 4.74 Å². The average Bonchev–Trinajstić information content (AvgIpc) is 2.32. The molecule has 0 spiro atoms. The van der Waals surface area contributed by atoms with Crippen molar-refractivity contribution in [1.82, 2.24) is 0 Å². The van der Waals surface area contributed by atoms with E-state index in [0.717, 1.165) is 24.4 Å². The van der Waals surface area contributed by atoms with Crippen molar-refractivity contribution in [2.75, 3.05) is 6.61 Å². The van der Waals surface area contributed by atoms with E-state index in [1.165, 1.54) is 19.3 Å². The van der Waals surface area contributed by atoms with Crippen molar-refractivity contribution in [3.8, 4) is 0 Å². The van der Waals surface area contributed by atoms with E-state index in [1.807, 2.05) is 0 Å². The first kappa shape index (κ1) is 7.60. The van der Waals surface area contributed by atoms with Gasteiger partial charge in [-0.3, -0.25) is 0 Å². The molecular formula is C10H18O. The van der Waals surface area contributed by atoms with E-state index in [9.17, 15) is 0 Å². The minimum absolute atomic E-state index is 0.619. The molecule has 1 heteroatoms. The van der Waals surface area contributed by atoms with Gasteiger partial charge in [-0.2, -0.15) is 0 Å². The van der Waals surface area contributed by atoms with E-state index in [4.69, 9.17) is 4.74 Å². The van der Waals surface area contributed by atoms with Crippen LogP contribution in [0.15, 0.2) is 0 Å². The minimum Gasteiger partial charge on any atom is -0.378 e. The Morgan fingerprint density at radius 3 is 2.82 bits per heavy atom. The fourth-order valence-electron chi connectivity index (χ4n) is 2.59. The third-order valence-electron chi connectivity index (χ3n) is 3.41. The van der Waals surface area contributed by atoms with Crippen LogP contribution < -0.4 is 0 Å². The zero-order valence-electron chi connectivity index (χ0n) is 7.55. The second kappa shape index (κ2) is 2.78. The molecule has 0 N–H and O–H groups in total. The molecule has 2 rings (SSSR count). The number of ether oxygens (including phenoxy) is 1. The van der Waals surface area contributed by atoms with Crippen molar-refractivity contribution in [2.24, 2.45) is 17.8 Å². The normalized spacial score (nSPS) is 50.7. The maximum Gasteiger partial charge on any atom is 0.0609 e. The molecule has 1 nitrogen and oxygen atoms in total. The molecule has 0 aromatic carbocycles. The second-order valence-electron chi connectivity index (χ2n) is 4.43. The molecule has 2 aliphatic rings. The molecule has 0 aromatic heterocycles. The smallest absolute Gasteiger partial charge is 0.0609 e. The van der Waals surface area contributed by atoms with Gasteiger partial charge in [0.1, 0.15) is 0 Å². The van der Waals surface area contributed by atoms with E-state index in [1.54, 1.807) is 0 Å². The summed E-state index contributed by atoms with van der Waals surface area (Å²) >= 11 is 0. The predicted octanol–water partition coefficient (Wildman–Crippen LogP) is 2.46. The van der Waals surface area contributed by atoms with Crippen LogP contribution >= 0.6 is 0 Å². The Hall–Kier alpha value is -0.0400. The number of fused-ring (bicyclic) bond motifs is 1. The number of hydrogen-bond donors (Lipinski definition) is 0. The molecule has 2 fully saturated rings. The first-order valence-electron chi connectivity index (χ1n) is 4.89. The third-order valence-corrected chi connectivity index (χ3v) is 3.41. The largest absolute Gasteiger partial charge is 0.378 e. The average molecular weight is 154 g/mol. The van der Waals surface area contributed by atoms with Gasteiger partial charge in [0, 0.05) is 6.61 Å². The van der Waals surface area contributed by atoms with Crippen molar-refractivity contribution in [3.05, 3.63) is 0 Å². The molecule has 1 heterocycles. The maximum absolute atomic E-state index is 5.74. The molecule has 0 aromatic rings. The number of hydrogen-bond acceptors (Lipinski definition) is 1. The quantitative estimate of drug-likeness (QED) is 0.521. The summed E-state index contributed by atoms with van der Waals surface area (Å²) < 4.78 is 5.74. The van der Waals surface area contributed by atoms with Crippen LogP contribution in [0.2, 0.25) is 0 Å². The van der Waals surface area contributed by atoms with Gasteiger partial charge in [-0.15, -0.1) is 0 Å². The van der Waals surface area contributed by atoms with Gasteiger partial charge in [0.05, 0.1) is 6.10 Å². The molecule has 1 aliphatic heterocycles. The fourth-order valence-corrected chi connectivity index (χ4v) is 2.59. The van der Waals surface area contributed by atoms with Crippen molar-refractivity contribution in [1.29, 1.82) is 0 Å². The summed E-state index contributed by atoms with van der Waals surface area (Å²) in [6, 6.07) is 0. The van der Waals surface area contributed by atoms with Crippen LogP contribution in [-0.2, 0) is 4.74 Å². The summed E-state index contributed by atoms with van der Waals surface area (Å²) in [5.74, 6) is 2.63. The topological polar surface area (TPSA) is 9.23 Å². The maximum atomic E-state index is 5.74. The van der Waals surface area contributed by atoms with E-state index >= 15 is 0 Å². The van der Waals surface area contributed by atoms with E-state index < -0.39 is 0 Å². The second-order valence-corrected chi connectivity index (χ2v) is 4.43. The van der Waals surface area contributed by atoms with E-state index in [0.29, 0.717) is 6.10 Å². The van der Waals surface area contributed by atoms with Crippen LogP contribution in [0.3, 0.4) is 0 Å². The standard InChI is InChI=1S/C10H18O/c1-7-3-4-9-8(2)6-11-10(9)5-7/h7-10H,3-6H2,1-2H3/t7-,8-,9-,10-/m1/s1. The highest BCUT2D eigenvalue weighted by Crippen LogP contribution is 2.39. The third kappa shape index (κ3) is 1.31. The predicted molar refractivity (Wildman–Crippen MR) is 45.4 cm³/mol. The molecular weight excluding hydrogens is 136 g/mol. The molecule has 0 amide bonds. The van der Waals surface area contributed by atoms with Crippen LogP contribution in [0.4, 0.5) is 0 Å². The Labute approximate surface area is 69.1 Å². The molecule has 1 saturated carbocycles. The van der Waals surface area contributed by atoms with Gasteiger partial charge in [-0.05, 0) is 30.6 Å². The van der Waals surface area contributed by atoms with Crippen LogP contribution in [0.5, 0.6) is 0 Å². The highest BCUT2D eigenvalue weighted by molar-refractivity contribution is 4.86. The summed E-state index contributed by atoms with van der Waals surface area (Å²) in [5, 5.41) is 0. The summed E-state index contributed by atoms with van der Waals surface area (Å²) in [7, 11) is 0. The molecule has 1 aliphatic carbocycles. The Kier molecular flexibility index (Phi) is 1.92. The van der Waals surface area contributed by atoms with Crippen molar-refractivity contribution >= 4 is 0 Å². The Morgan fingerprint density at radius 2 is 2.00 bits per heavy atom. The van der Waals surface area contributed by atoms with Crippen molar-refractivity contribution in [3.63, 3.8) is 0 Å². The highest BCUT2D eigenvalue weighted by atomic mass is 16.5. The molecule has 64 valence electrons. The lowest BCUT2D eigenvalue weighted by Crippen LogP contribution is -2.27. The van der Waals surface area contributed by atoms with Crippen LogP contribution in [0, 0.1) is 17.8 Å². The van der Waals surface area contributed by atoms with Crippen LogP contribution in [0.1, 0.15) is 33.1 Å². The van der Waals surface area contributed by atoms with Gasteiger partial charge < -0.3 is 4.74 Å². The van der Waals surface area contributed by atoms with Gasteiger partial charge in [-0.1, -0.05) is 20.3 Å². The van der Waals surface area contributed by atoms with E-state index in [2.05, 4.69) is 13.8 Å². The van der Waals surface area contributed by atoms with Crippen molar-refractivity contribution in [2.45, 2.75) is 39.2 Å². The van der Waals surface area contributed by atoms with Gasteiger partial charge in [0.2, 0.25) is 0 Å². The summed E-state index contributed by atoms with van der Waals surface area (Å²) in [6.45, 7) is 5.70. The molecule has 0 unspecified atom stereocenters. The molecule has 1 saturated heterocycles. The van der Waals surface area contributed by atoms with Gasteiger partial charge >= 0.3 is 0 Å². The zero-order chi connectivity index (χ0) is 7.84. The SMILES string of the molecule is C[C@@H]1CC[C@@H]2[C@H](C)CO[C@@H]2C1. The summed E-state index contributed by atoms with van der Waals surface area (Å²) in [4.78, 5) is 0. The lowest BCUT2D eigenvalue weighted by atomic mass is 9.77. The molecule has 4 atom stereocenters. The Bertz CT molecular complexity index is 144. The summed E-state index contributed by atoms with van der Waals surface area (Å²) in [6.07, 6.45) is 4.77. The molecule has 11 heavy (non-hydrogen) atoms. The van der Waals surface area contributed by atoms with Crippen LogP contribution in [0.25, 0.3) is 0 Å². The first-order chi connectivity index (χ1) is 5.27. The Morgan fingerprint density at radius 1 is 1.18 bits per heavy atom. The monoisotopic (exact) mass is 154 g/mol. The highest BCUT2D eigenvalue weighted by Gasteiger charge is 2.37. The lowest BCUT2D eigenvalue weighted by molar-refractivity contribution is 0.0494. The van der Waals surface area contributed by atoms with Crippen LogP contribution in [-0.4, -0.2) is 12.7 Å².